The number of hydrogen-bond donors (Lipinski definition) is 0. The molecule has 0 spiro atoms. The summed E-state index contributed by atoms with van der Waals surface area (Å²) in [6, 6.07) is 6.40. The number of aromatic nitrogens is 3. The van der Waals surface area contributed by atoms with Crippen LogP contribution in [0.1, 0.15) is 11.3 Å². The molecule has 22 heavy (non-hydrogen) atoms. The number of rotatable bonds is 2. The van der Waals surface area contributed by atoms with Crippen LogP contribution >= 0.6 is 0 Å². The van der Waals surface area contributed by atoms with Gasteiger partial charge in [-0.05, 0) is 24.6 Å². The standard InChI is InChI=1S/C15H11F3N3O/c1-9-4-3-5-10-13(9)14(22-2)11(8-19-10)21-7-6-12(20-21)15(16,17)18/h3-7H,1-2H3. The zero-order valence-corrected chi connectivity index (χ0v) is 11.8. The van der Waals surface area contributed by atoms with Crippen LogP contribution in [0.4, 0.5) is 13.2 Å². The summed E-state index contributed by atoms with van der Waals surface area (Å²) in [5, 5.41) is 4.26. The molecular formula is C15H11F3N3O. The van der Waals surface area contributed by atoms with Crippen LogP contribution in [0.25, 0.3) is 16.6 Å². The highest BCUT2D eigenvalue weighted by Crippen LogP contribution is 2.34. The third-order valence-corrected chi connectivity index (χ3v) is 3.29. The van der Waals surface area contributed by atoms with E-state index in [1.165, 1.54) is 13.3 Å². The highest BCUT2D eigenvalue weighted by atomic mass is 19.4. The average molecular weight is 306 g/mol. The summed E-state index contributed by atoms with van der Waals surface area (Å²) in [7, 11) is 1.45. The molecule has 3 rings (SSSR count). The Bertz CT molecular complexity index is 840. The van der Waals surface area contributed by atoms with Crippen molar-refractivity contribution in [2.75, 3.05) is 7.11 Å². The van der Waals surface area contributed by atoms with Gasteiger partial charge in [0.1, 0.15) is 11.9 Å². The Labute approximate surface area is 124 Å². The Balaban J connectivity index is 2.23. The normalized spacial score (nSPS) is 11.9. The zero-order chi connectivity index (χ0) is 15.9. The van der Waals surface area contributed by atoms with Crippen LogP contribution in [0.15, 0.2) is 30.5 Å². The van der Waals surface area contributed by atoms with Crippen LogP contribution in [0, 0.1) is 13.1 Å². The van der Waals surface area contributed by atoms with Gasteiger partial charge in [-0.1, -0.05) is 12.1 Å². The molecule has 0 aliphatic rings. The Morgan fingerprint density at radius 1 is 1.23 bits per heavy atom. The molecule has 0 saturated carbocycles. The molecule has 2 heterocycles. The Morgan fingerprint density at radius 2 is 2.00 bits per heavy atom. The predicted molar refractivity (Wildman–Crippen MR) is 74.0 cm³/mol. The molecule has 0 N–H and O–H groups in total. The topological polar surface area (TPSA) is 39.9 Å². The van der Waals surface area contributed by atoms with E-state index in [1.54, 1.807) is 6.07 Å². The van der Waals surface area contributed by atoms with Gasteiger partial charge in [-0.3, -0.25) is 0 Å². The van der Waals surface area contributed by atoms with Crippen molar-refractivity contribution in [1.82, 2.24) is 14.8 Å². The summed E-state index contributed by atoms with van der Waals surface area (Å²) >= 11 is 0. The first-order valence-corrected chi connectivity index (χ1v) is 6.40. The minimum atomic E-state index is -4.50. The van der Waals surface area contributed by atoms with Crippen molar-refractivity contribution in [3.05, 3.63) is 47.9 Å². The molecule has 113 valence electrons. The van der Waals surface area contributed by atoms with Crippen LogP contribution < -0.4 is 4.74 Å². The first-order chi connectivity index (χ1) is 10.4. The highest BCUT2D eigenvalue weighted by Gasteiger charge is 2.34. The number of pyridine rings is 1. The molecule has 0 atom stereocenters. The third-order valence-electron chi connectivity index (χ3n) is 3.29. The number of halogens is 3. The maximum absolute atomic E-state index is 12.7. The van der Waals surface area contributed by atoms with E-state index < -0.39 is 11.9 Å². The molecule has 0 aliphatic carbocycles. The van der Waals surface area contributed by atoms with E-state index >= 15 is 0 Å². The molecule has 2 aromatic heterocycles. The summed E-state index contributed by atoms with van der Waals surface area (Å²) in [6.45, 7) is 1.88. The smallest absolute Gasteiger partial charge is 0.435 e. The lowest BCUT2D eigenvalue weighted by Crippen LogP contribution is -2.08. The SMILES string of the molecule is COc1c(-n2ccc(C(F)(F)F)n2)[c]nc2cccc(C)c12. The molecule has 0 amide bonds. The molecule has 0 aliphatic heterocycles. The van der Waals surface area contributed by atoms with Crippen molar-refractivity contribution in [3.8, 4) is 11.4 Å². The summed E-state index contributed by atoms with van der Waals surface area (Å²) in [4.78, 5) is 4.15. The van der Waals surface area contributed by atoms with E-state index in [9.17, 15) is 13.2 Å². The van der Waals surface area contributed by atoms with Gasteiger partial charge in [-0.15, -0.1) is 0 Å². The number of alkyl halides is 3. The van der Waals surface area contributed by atoms with Crippen molar-refractivity contribution >= 4 is 10.9 Å². The fraction of sp³-hybridized carbons (Fsp3) is 0.200. The van der Waals surface area contributed by atoms with E-state index in [0.717, 1.165) is 21.7 Å². The second-order valence-electron chi connectivity index (χ2n) is 4.72. The molecule has 1 aromatic carbocycles. The Hall–Kier alpha value is -2.57. The molecule has 1 radical (unpaired) electrons. The summed E-state index contributed by atoms with van der Waals surface area (Å²) < 4.78 is 44.5. The number of hydrogen-bond acceptors (Lipinski definition) is 3. The molecule has 4 nitrogen and oxygen atoms in total. The lowest BCUT2D eigenvalue weighted by Gasteiger charge is -2.12. The number of methoxy groups -OCH3 is 1. The van der Waals surface area contributed by atoms with Gasteiger partial charge in [0.05, 0.1) is 12.6 Å². The predicted octanol–water partition coefficient (Wildman–Crippen LogP) is 3.56. The van der Waals surface area contributed by atoms with Crippen molar-refractivity contribution in [2.45, 2.75) is 13.1 Å². The lowest BCUT2D eigenvalue weighted by molar-refractivity contribution is -0.141. The molecule has 0 fully saturated rings. The molecule has 3 aromatic rings. The van der Waals surface area contributed by atoms with Crippen molar-refractivity contribution in [1.29, 1.82) is 0 Å². The highest BCUT2D eigenvalue weighted by molar-refractivity contribution is 5.90. The minimum absolute atomic E-state index is 0.236. The number of nitrogens with zero attached hydrogens (tertiary/aromatic N) is 3. The van der Waals surface area contributed by atoms with E-state index in [1.807, 2.05) is 19.1 Å². The van der Waals surface area contributed by atoms with Gasteiger partial charge in [0, 0.05) is 11.6 Å². The quantitative estimate of drug-likeness (QED) is 0.727. The van der Waals surface area contributed by atoms with Gasteiger partial charge < -0.3 is 4.74 Å². The van der Waals surface area contributed by atoms with Gasteiger partial charge in [0.2, 0.25) is 0 Å². The number of fused-ring (bicyclic) bond motifs is 1. The second-order valence-corrected chi connectivity index (χ2v) is 4.72. The monoisotopic (exact) mass is 306 g/mol. The number of ether oxygens (including phenoxy) is 1. The molecule has 0 bridgehead atoms. The van der Waals surface area contributed by atoms with Gasteiger partial charge in [0.15, 0.2) is 11.4 Å². The first-order valence-electron chi connectivity index (χ1n) is 6.40. The van der Waals surface area contributed by atoms with Gasteiger partial charge in [-0.25, -0.2) is 9.67 Å². The molecule has 0 unspecified atom stereocenters. The third kappa shape index (κ3) is 2.28. The van der Waals surface area contributed by atoms with Gasteiger partial charge in [-0.2, -0.15) is 18.3 Å². The Morgan fingerprint density at radius 3 is 2.64 bits per heavy atom. The maximum Gasteiger partial charge on any atom is 0.435 e. The van der Waals surface area contributed by atoms with Gasteiger partial charge in [0.25, 0.3) is 0 Å². The van der Waals surface area contributed by atoms with Crippen LogP contribution in [-0.2, 0) is 6.18 Å². The van der Waals surface area contributed by atoms with Crippen LogP contribution in [0.5, 0.6) is 5.75 Å². The fourth-order valence-corrected chi connectivity index (χ4v) is 2.28. The van der Waals surface area contributed by atoms with Gasteiger partial charge >= 0.3 is 6.18 Å². The van der Waals surface area contributed by atoms with Crippen LogP contribution in [0.2, 0.25) is 0 Å². The van der Waals surface area contributed by atoms with E-state index in [0.29, 0.717) is 11.3 Å². The van der Waals surface area contributed by atoms with Crippen LogP contribution in [-0.4, -0.2) is 21.9 Å². The van der Waals surface area contributed by atoms with E-state index in [4.69, 9.17) is 4.74 Å². The molecule has 0 saturated heterocycles. The summed E-state index contributed by atoms with van der Waals surface area (Å²) in [5.41, 5.74) is 0.816. The van der Waals surface area contributed by atoms with E-state index in [-0.39, 0.29) is 5.69 Å². The lowest BCUT2D eigenvalue weighted by atomic mass is 10.1. The maximum atomic E-state index is 12.7. The summed E-state index contributed by atoms with van der Waals surface area (Å²) in [6.07, 6.45) is -0.593. The molecule has 7 heteroatoms. The number of aryl methyl sites for hydroxylation is 1. The van der Waals surface area contributed by atoms with Crippen molar-refractivity contribution < 1.29 is 17.9 Å². The largest absolute Gasteiger partial charge is 0.494 e. The Kier molecular flexibility index (Phi) is 3.27. The van der Waals surface area contributed by atoms with Crippen LogP contribution in [0.3, 0.4) is 0 Å². The van der Waals surface area contributed by atoms with Crippen molar-refractivity contribution in [3.63, 3.8) is 0 Å². The van der Waals surface area contributed by atoms with E-state index in [2.05, 4.69) is 16.3 Å². The number of benzene rings is 1. The molecular weight excluding hydrogens is 295 g/mol. The summed E-state index contributed by atoms with van der Waals surface area (Å²) in [5.74, 6) is 0.389. The first kappa shape index (κ1) is 14.4. The minimum Gasteiger partial charge on any atom is -0.494 e. The second kappa shape index (κ2) is 5.01. The fourth-order valence-electron chi connectivity index (χ4n) is 2.28. The zero-order valence-electron chi connectivity index (χ0n) is 11.8. The average Bonchev–Trinajstić information content (AvgIpc) is 2.96. The van der Waals surface area contributed by atoms with Crippen molar-refractivity contribution in [2.24, 2.45) is 0 Å².